The fraction of sp³-hybridized carbons (Fsp3) is 0. The minimum atomic E-state index is 0.553. The van der Waals surface area contributed by atoms with Gasteiger partial charge in [0.25, 0.3) is 0 Å². The van der Waals surface area contributed by atoms with Crippen LogP contribution in [0.5, 0.6) is 0 Å². The second-order valence-corrected chi connectivity index (χ2v) is 11.4. The summed E-state index contributed by atoms with van der Waals surface area (Å²) in [6.07, 6.45) is 6.74. The van der Waals surface area contributed by atoms with Crippen molar-refractivity contribution in [3.63, 3.8) is 0 Å². The van der Waals surface area contributed by atoms with Crippen molar-refractivity contribution in [1.82, 2.24) is 9.97 Å². The van der Waals surface area contributed by atoms with Gasteiger partial charge >= 0.3 is 0 Å². The van der Waals surface area contributed by atoms with Crippen LogP contribution in [0.1, 0.15) is 11.1 Å². The van der Waals surface area contributed by atoms with Gasteiger partial charge in [0.05, 0.1) is 11.1 Å². The fourth-order valence-corrected chi connectivity index (χ4v) is 6.34. The molecule has 0 amide bonds. The highest BCUT2D eigenvalue weighted by Gasteiger charge is 2.12. The van der Waals surface area contributed by atoms with Crippen molar-refractivity contribution in [3.05, 3.63) is 157 Å². The molecule has 0 N–H and O–H groups in total. The van der Waals surface area contributed by atoms with Crippen molar-refractivity contribution in [2.75, 3.05) is 0 Å². The van der Waals surface area contributed by atoms with E-state index in [0.717, 1.165) is 44.5 Å². The highest BCUT2D eigenvalue weighted by atomic mass is 14.6. The summed E-state index contributed by atoms with van der Waals surface area (Å²) in [4.78, 5) is 8.42. The summed E-state index contributed by atoms with van der Waals surface area (Å²) < 4.78 is 0. The number of hydrogen-bond acceptors (Lipinski definition) is 4. The Balaban J connectivity index is 1.19. The van der Waals surface area contributed by atoms with Gasteiger partial charge in [0.15, 0.2) is 0 Å². The van der Waals surface area contributed by atoms with Gasteiger partial charge in [-0.1, -0.05) is 97.1 Å². The molecule has 46 heavy (non-hydrogen) atoms. The number of nitrogens with zero attached hydrogens (tertiary/aromatic N) is 4. The molecule has 0 spiro atoms. The summed E-state index contributed by atoms with van der Waals surface area (Å²) in [5.74, 6) is 0. The van der Waals surface area contributed by atoms with Gasteiger partial charge in [0.2, 0.25) is 0 Å². The van der Waals surface area contributed by atoms with Crippen LogP contribution in [0.4, 0.5) is 0 Å². The molecule has 0 saturated carbocycles. The summed E-state index contributed by atoms with van der Waals surface area (Å²) in [6, 6.07) is 47.1. The molecule has 0 aliphatic carbocycles. The zero-order valence-corrected chi connectivity index (χ0v) is 24.6. The lowest BCUT2D eigenvalue weighted by molar-refractivity contribution is 1.30. The third kappa shape index (κ3) is 4.72. The number of hydrogen-bond donors (Lipinski definition) is 0. The van der Waals surface area contributed by atoms with E-state index in [1.807, 2.05) is 12.1 Å². The molecule has 0 unspecified atom stereocenters. The lowest BCUT2D eigenvalue weighted by Gasteiger charge is -2.14. The Kier molecular flexibility index (Phi) is 6.53. The van der Waals surface area contributed by atoms with E-state index in [2.05, 4.69) is 131 Å². The number of nitriles is 2. The minimum Gasteiger partial charge on any atom is -0.263 e. The standard InChI is InChI=1S/C42H24N4/c43-21-27-17-35(25-45-23-27)31-9-5-29(6-10-31)33-13-15-39-40-16-14-34(20-42(40)38-4-2-1-3-37(38)41(39)19-33)30-7-11-32(12-8-30)36-18-28(22-44)24-46-26-36/h1-20,23-26H. The van der Waals surface area contributed by atoms with Gasteiger partial charge in [0, 0.05) is 35.9 Å². The zero-order chi connectivity index (χ0) is 31.0. The number of pyridine rings is 2. The van der Waals surface area contributed by atoms with Crippen LogP contribution in [0.2, 0.25) is 0 Å². The molecule has 0 radical (unpaired) electrons. The molecule has 8 rings (SSSR count). The Bertz CT molecular complexity index is 2330. The van der Waals surface area contributed by atoms with Crippen LogP contribution in [0.3, 0.4) is 0 Å². The molecule has 0 saturated heterocycles. The first-order chi connectivity index (χ1) is 22.7. The molecule has 2 heterocycles. The maximum absolute atomic E-state index is 9.25. The summed E-state index contributed by atoms with van der Waals surface area (Å²) >= 11 is 0. The van der Waals surface area contributed by atoms with Gasteiger partial charge in [-0.3, -0.25) is 9.97 Å². The van der Waals surface area contributed by atoms with E-state index in [1.54, 1.807) is 24.8 Å². The van der Waals surface area contributed by atoms with Crippen LogP contribution >= 0.6 is 0 Å². The smallest absolute Gasteiger partial charge is 0.101 e. The Morgan fingerprint density at radius 2 is 0.674 bits per heavy atom. The van der Waals surface area contributed by atoms with E-state index >= 15 is 0 Å². The van der Waals surface area contributed by atoms with Gasteiger partial charge in [-0.2, -0.15) is 10.5 Å². The summed E-state index contributed by atoms with van der Waals surface area (Å²) in [6.45, 7) is 0. The SMILES string of the molecule is N#Cc1cncc(-c2ccc(-c3ccc4c5ccc(-c6ccc(-c7cncc(C#N)c7)cc6)cc5c5ccccc5c4c3)cc2)c1. The maximum Gasteiger partial charge on any atom is 0.101 e. The molecule has 2 aromatic heterocycles. The average molecular weight is 585 g/mol. The van der Waals surface area contributed by atoms with Crippen LogP contribution in [0.15, 0.2) is 146 Å². The molecule has 4 nitrogen and oxygen atoms in total. The van der Waals surface area contributed by atoms with E-state index in [0.29, 0.717) is 11.1 Å². The lowest BCUT2D eigenvalue weighted by atomic mass is 9.90. The van der Waals surface area contributed by atoms with Crippen LogP contribution in [0.25, 0.3) is 76.8 Å². The minimum absolute atomic E-state index is 0.553. The molecular weight excluding hydrogens is 560 g/mol. The average Bonchev–Trinajstić information content (AvgIpc) is 3.14. The first kappa shape index (κ1) is 27.0. The van der Waals surface area contributed by atoms with Gasteiger partial charge in [-0.15, -0.1) is 0 Å². The molecule has 8 aromatic rings. The van der Waals surface area contributed by atoms with Crippen molar-refractivity contribution in [2.45, 2.75) is 0 Å². The van der Waals surface area contributed by atoms with Crippen molar-refractivity contribution in [1.29, 1.82) is 10.5 Å². The summed E-state index contributed by atoms with van der Waals surface area (Å²) in [5.41, 5.74) is 9.59. The first-order valence-electron chi connectivity index (χ1n) is 15.0. The van der Waals surface area contributed by atoms with E-state index in [4.69, 9.17) is 0 Å². The van der Waals surface area contributed by atoms with Crippen LogP contribution in [0, 0.1) is 22.7 Å². The lowest BCUT2D eigenvalue weighted by Crippen LogP contribution is -1.87. The number of rotatable bonds is 4. The molecule has 4 heteroatoms. The normalized spacial score (nSPS) is 11.0. The number of benzene rings is 6. The molecular formula is C42H24N4. The van der Waals surface area contributed by atoms with Crippen molar-refractivity contribution in [2.24, 2.45) is 0 Å². The fourth-order valence-electron chi connectivity index (χ4n) is 6.34. The number of fused-ring (bicyclic) bond motifs is 6. The quantitative estimate of drug-likeness (QED) is 0.193. The Labute approximate surface area is 266 Å². The molecule has 0 fully saturated rings. The number of aromatic nitrogens is 2. The third-order valence-electron chi connectivity index (χ3n) is 8.67. The second kappa shape index (κ2) is 11.1. The predicted octanol–water partition coefficient (Wildman–Crippen LogP) is 10.3. The molecule has 0 aliphatic heterocycles. The van der Waals surface area contributed by atoms with E-state index in [-0.39, 0.29) is 0 Å². The Hall–Kier alpha value is -6.62. The zero-order valence-electron chi connectivity index (χ0n) is 24.6. The summed E-state index contributed by atoms with van der Waals surface area (Å²) in [5, 5.41) is 25.8. The van der Waals surface area contributed by atoms with Gasteiger partial charge in [0.1, 0.15) is 12.1 Å². The van der Waals surface area contributed by atoms with Crippen molar-refractivity contribution in [3.8, 4) is 56.6 Å². The largest absolute Gasteiger partial charge is 0.263 e. The predicted molar refractivity (Wildman–Crippen MR) is 186 cm³/mol. The van der Waals surface area contributed by atoms with Crippen molar-refractivity contribution >= 4 is 32.3 Å². The Morgan fingerprint density at radius 1 is 0.326 bits per heavy atom. The molecule has 0 aliphatic rings. The topological polar surface area (TPSA) is 73.4 Å². The second-order valence-electron chi connectivity index (χ2n) is 11.4. The first-order valence-corrected chi connectivity index (χ1v) is 15.0. The maximum atomic E-state index is 9.25. The highest BCUT2D eigenvalue weighted by molar-refractivity contribution is 6.26. The van der Waals surface area contributed by atoms with Crippen LogP contribution < -0.4 is 0 Å². The monoisotopic (exact) mass is 584 g/mol. The van der Waals surface area contributed by atoms with Crippen molar-refractivity contribution < 1.29 is 0 Å². The van der Waals surface area contributed by atoms with Gasteiger partial charge in [-0.05, 0) is 90.0 Å². The van der Waals surface area contributed by atoms with E-state index < -0.39 is 0 Å². The molecule has 0 atom stereocenters. The van der Waals surface area contributed by atoms with Crippen LogP contribution in [-0.2, 0) is 0 Å². The van der Waals surface area contributed by atoms with Gasteiger partial charge < -0.3 is 0 Å². The Morgan fingerprint density at radius 3 is 1.07 bits per heavy atom. The molecule has 212 valence electrons. The van der Waals surface area contributed by atoms with E-state index in [1.165, 1.54) is 32.3 Å². The molecule has 0 bridgehead atoms. The van der Waals surface area contributed by atoms with Crippen LogP contribution in [-0.4, -0.2) is 9.97 Å². The third-order valence-corrected chi connectivity index (χ3v) is 8.67. The molecule has 6 aromatic carbocycles. The van der Waals surface area contributed by atoms with E-state index in [9.17, 15) is 10.5 Å². The highest BCUT2D eigenvalue weighted by Crippen LogP contribution is 2.39. The van der Waals surface area contributed by atoms with Gasteiger partial charge in [-0.25, -0.2) is 0 Å². The summed E-state index contributed by atoms with van der Waals surface area (Å²) in [7, 11) is 0.